The van der Waals surface area contributed by atoms with Crippen molar-refractivity contribution < 1.29 is 34.1 Å². The lowest BCUT2D eigenvalue weighted by molar-refractivity contribution is 0.0889. The summed E-state index contributed by atoms with van der Waals surface area (Å²) in [4.78, 5) is 50.5. The van der Waals surface area contributed by atoms with Crippen molar-refractivity contribution in [2.75, 3.05) is 6.61 Å². The molecule has 0 radical (unpaired) electrons. The zero-order valence-electron chi connectivity index (χ0n) is 17.0. The zero-order chi connectivity index (χ0) is 22.6. The smallest absolute Gasteiger partial charge is 0.232 e. The highest BCUT2D eigenvalue weighted by molar-refractivity contribution is 6.28. The highest BCUT2D eigenvalue weighted by Gasteiger charge is 2.35. The second-order valence-electron chi connectivity index (χ2n) is 7.37. The first-order valence-electron chi connectivity index (χ1n) is 9.61. The average Bonchev–Trinajstić information content (AvgIpc) is 2.70. The Morgan fingerprint density at radius 2 is 1.42 bits per heavy atom. The molecule has 4 rings (SSSR count). The Balaban J connectivity index is 2.08. The Bertz CT molecular complexity index is 1290. The number of aryl methyl sites for hydroxylation is 2. The molecule has 0 heterocycles. The third-order valence-electron chi connectivity index (χ3n) is 5.41. The van der Waals surface area contributed by atoms with Gasteiger partial charge in [-0.2, -0.15) is 0 Å². The van der Waals surface area contributed by atoms with Crippen molar-refractivity contribution in [2.45, 2.75) is 20.8 Å². The van der Waals surface area contributed by atoms with Crippen LogP contribution in [0.25, 0.3) is 11.1 Å². The molecule has 0 unspecified atom stereocenters. The van der Waals surface area contributed by atoms with Gasteiger partial charge in [-0.25, -0.2) is 0 Å². The maximum absolute atomic E-state index is 13.0. The quantitative estimate of drug-likeness (QED) is 0.782. The molecule has 2 aliphatic rings. The first-order chi connectivity index (χ1) is 14.7. The number of hydrogen-bond donors (Lipinski definition) is 2. The first-order valence-corrected chi connectivity index (χ1v) is 9.61. The van der Waals surface area contributed by atoms with Gasteiger partial charge in [0.2, 0.25) is 5.78 Å². The monoisotopic (exact) mass is 418 g/mol. The van der Waals surface area contributed by atoms with Crippen LogP contribution >= 0.6 is 0 Å². The van der Waals surface area contributed by atoms with Crippen LogP contribution in [0.3, 0.4) is 0 Å². The van der Waals surface area contributed by atoms with Gasteiger partial charge in [0.25, 0.3) is 0 Å². The number of phenols is 2. The molecule has 0 atom stereocenters. The lowest BCUT2D eigenvalue weighted by Crippen LogP contribution is -2.21. The number of rotatable bonds is 3. The number of benzene rings is 2. The van der Waals surface area contributed by atoms with E-state index >= 15 is 0 Å². The number of carbonyl (C=O) groups is 4. The molecule has 7 heteroatoms. The Labute approximate surface area is 177 Å². The first kappa shape index (κ1) is 20.3. The normalized spacial score (nSPS) is 15.0. The summed E-state index contributed by atoms with van der Waals surface area (Å²) in [7, 11) is 0. The van der Waals surface area contributed by atoms with Crippen molar-refractivity contribution in [2.24, 2.45) is 0 Å². The molecule has 2 aromatic rings. The zero-order valence-corrected chi connectivity index (χ0v) is 17.0. The van der Waals surface area contributed by atoms with Gasteiger partial charge in [-0.15, -0.1) is 0 Å². The maximum atomic E-state index is 13.0. The number of ether oxygens (including phenoxy) is 1. The van der Waals surface area contributed by atoms with Gasteiger partial charge in [0, 0.05) is 28.3 Å². The van der Waals surface area contributed by atoms with Gasteiger partial charge in [0.05, 0.1) is 17.7 Å². The van der Waals surface area contributed by atoms with Crippen LogP contribution in [0.2, 0.25) is 0 Å². The van der Waals surface area contributed by atoms with Crippen LogP contribution in [0.15, 0.2) is 36.1 Å². The van der Waals surface area contributed by atoms with Crippen molar-refractivity contribution in [1.29, 1.82) is 0 Å². The predicted octanol–water partition coefficient (Wildman–Crippen LogP) is 3.62. The third kappa shape index (κ3) is 2.89. The minimum Gasteiger partial charge on any atom is -0.507 e. The topological polar surface area (TPSA) is 118 Å². The molecule has 0 amide bonds. The minimum absolute atomic E-state index is 0.0671. The number of aromatic hydroxyl groups is 2. The predicted molar refractivity (Wildman–Crippen MR) is 111 cm³/mol. The van der Waals surface area contributed by atoms with Crippen molar-refractivity contribution in [3.8, 4) is 22.6 Å². The summed E-state index contributed by atoms with van der Waals surface area (Å²) >= 11 is 0. The van der Waals surface area contributed by atoms with E-state index in [2.05, 4.69) is 0 Å². The number of hydrogen-bond acceptors (Lipinski definition) is 7. The largest absolute Gasteiger partial charge is 0.507 e. The van der Waals surface area contributed by atoms with Crippen LogP contribution in [0.1, 0.15) is 59.5 Å². The van der Waals surface area contributed by atoms with Crippen LogP contribution in [-0.4, -0.2) is 40.0 Å². The molecular formula is C24H18O7. The molecule has 0 spiro atoms. The molecular weight excluding hydrogens is 400 g/mol. The number of ketones is 4. The molecule has 2 N–H and O–H groups in total. The molecule has 0 bridgehead atoms. The molecule has 0 aliphatic heterocycles. The molecule has 156 valence electrons. The van der Waals surface area contributed by atoms with E-state index in [-0.39, 0.29) is 51.5 Å². The highest BCUT2D eigenvalue weighted by atomic mass is 16.5. The van der Waals surface area contributed by atoms with Gasteiger partial charge in [0.1, 0.15) is 11.5 Å². The van der Waals surface area contributed by atoms with Crippen LogP contribution < -0.4 is 0 Å². The Morgan fingerprint density at radius 1 is 0.774 bits per heavy atom. The summed E-state index contributed by atoms with van der Waals surface area (Å²) in [5.41, 5.74) is 0.804. The number of phenolic OH excluding ortho intramolecular Hbond substituents is 2. The lowest BCUT2D eigenvalue weighted by atomic mass is 9.80. The van der Waals surface area contributed by atoms with Crippen LogP contribution in [-0.2, 0) is 4.74 Å². The van der Waals surface area contributed by atoms with Gasteiger partial charge < -0.3 is 14.9 Å². The molecule has 0 aromatic heterocycles. The van der Waals surface area contributed by atoms with Gasteiger partial charge in [0.15, 0.2) is 23.1 Å². The van der Waals surface area contributed by atoms with Gasteiger partial charge in [-0.1, -0.05) is 0 Å². The van der Waals surface area contributed by atoms with Crippen molar-refractivity contribution >= 4 is 23.1 Å². The van der Waals surface area contributed by atoms with Gasteiger partial charge in [-0.3, -0.25) is 19.2 Å². The third-order valence-corrected chi connectivity index (χ3v) is 5.41. The minimum atomic E-state index is -0.653. The highest BCUT2D eigenvalue weighted by Crippen LogP contribution is 2.45. The number of fused-ring (bicyclic) bond motifs is 2. The summed E-state index contributed by atoms with van der Waals surface area (Å²) in [6, 6.07) is 2.79. The fourth-order valence-corrected chi connectivity index (χ4v) is 4.12. The summed E-state index contributed by atoms with van der Waals surface area (Å²) in [6.45, 7) is 5.06. The Hall–Kier alpha value is -4.00. The summed E-state index contributed by atoms with van der Waals surface area (Å²) in [5.74, 6) is -3.20. The fourth-order valence-electron chi connectivity index (χ4n) is 4.12. The molecule has 0 saturated carbocycles. The van der Waals surface area contributed by atoms with Crippen molar-refractivity contribution in [3.05, 3.63) is 69.5 Å². The summed E-state index contributed by atoms with van der Waals surface area (Å²) < 4.78 is 5.24. The molecule has 31 heavy (non-hydrogen) atoms. The molecule has 2 aliphatic carbocycles. The van der Waals surface area contributed by atoms with Crippen LogP contribution in [0.5, 0.6) is 11.5 Å². The number of carbonyl (C=O) groups excluding carboxylic acids is 4. The van der Waals surface area contributed by atoms with E-state index in [4.69, 9.17) is 4.74 Å². The van der Waals surface area contributed by atoms with Gasteiger partial charge in [-0.05, 0) is 56.2 Å². The molecule has 0 saturated heterocycles. The van der Waals surface area contributed by atoms with E-state index in [1.54, 1.807) is 20.8 Å². The average molecular weight is 418 g/mol. The summed E-state index contributed by atoms with van der Waals surface area (Å²) in [6.07, 6.45) is 3.27. The van der Waals surface area contributed by atoms with E-state index in [0.717, 1.165) is 18.2 Å². The second kappa shape index (κ2) is 7.05. The lowest BCUT2D eigenvalue weighted by Gasteiger charge is -2.24. The van der Waals surface area contributed by atoms with E-state index in [0.29, 0.717) is 11.1 Å². The van der Waals surface area contributed by atoms with Crippen LogP contribution in [0, 0.1) is 13.8 Å². The standard InChI is InChI=1S/C24H18O7/c1-4-31-17-9-16(28)21-18(11(3)8-15(27)22(21)23(17)29)19-10(2)7-12-13(25)5-6-14(26)20(12)24(19)30/h5-9,27,30H,4H2,1-3H3. The van der Waals surface area contributed by atoms with Crippen molar-refractivity contribution in [3.63, 3.8) is 0 Å². The van der Waals surface area contributed by atoms with E-state index in [1.165, 1.54) is 12.1 Å². The Kier molecular flexibility index (Phi) is 4.61. The Morgan fingerprint density at radius 3 is 2.10 bits per heavy atom. The molecule has 0 fully saturated rings. The number of Topliss-reactive ketones (excluding diaryl/α,β-unsaturated/α-hetero) is 1. The molecule has 7 nitrogen and oxygen atoms in total. The van der Waals surface area contributed by atoms with Crippen molar-refractivity contribution in [1.82, 2.24) is 0 Å². The van der Waals surface area contributed by atoms with E-state index in [9.17, 15) is 29.4 Å². The van der Waals surface area contributed by atoms with E-state index in [1.807, 2.05) is 0 Å². The number of allylic oxidation sites excluding steroid dienone is 4. The SMILES string of the molecule is CCOC1=CC(=O)c2c(c(O)cc(C)c2-c2c(C)cc3c(c2O)C(=O)C=CC3=O)C1=O. The second-order valence-corrected chi connectivity index (χ2v) is 7.37. The molecule has 2 aromatic carbocycles. The van der Waals surface area contributed by atoms with Gasteiger partial charge >= 0.3 is 0 Å². The maximum Gasteiger partial charge on any atom is 0.232 e. The van der Waals surface area contributed by atoms with E-state index < -0.39 is 28.9 Å². The summed E-state index contributed by atoms with van der Waals surface area (Å²) in [5, 5.41) is 21.5. The fraction of sp³-hybridized carbons (Fsp3) is 0.167. The van der Waals surface area contributed by atoms with Crippen LogP contribution in [0.4, 0.5) is 0 Å².